The molecule has 4 aromatic rings. The Morgan fingerprint density at radius 3 is 2.88 bits per heavy atom. The highest BCUT2D eigenvalue weighted by Gasteiger charge is 2.11. The number of aromatic nitrogens is 5. The van der Waals surface area contributed by atoms with E-state index in [-0.39, 0.29) is 18.0 Å². The number of nitrogens with one attached hydrogen (secondary N) is 1. The van der Waals surface area contributed by atoms with Crippen molar-refractivity contribution < 1.29 is 4.79 Å². The summed E-state index contributed by atoms with van der Waals surface area (Å²) in [5, 5.41) is 7.62. The van der Waals surface area contributed by atoms with E-state index < -0.39 is 0 Å². The maximum absolute atomic E-state index is 12.6. The Morgan fingerprint density at radius 1 is 1.17 bits per heavy atom. The number of rotatable bonds is 3. The molecule has 1 aromatic carbocycles. The summed E-state index contributed by atoms with van der Waals surface area (Å²) in [5.74, 6) is -0.0127. The highest BCUT2D eigenvalue weighted by atomic mass is 16.2. The number of carbonyl (C=O) groups excluding carboxylic acids is 1. The summed E-state index contributed by atoms with van der Waals surface area (Å²) >= 11 is 0. The van der Waals surface area contributed by atoms with Crippen LogP contribution in [0.4, 0.5) is 5.82 Å². The molecule has 0 aliphatic heterocycles. The van der Waals surface area contributed by atoms with Gasteiger partial charge in [0.05, 0.1) is 5.52 Å². The van der Waals surface area contributed by atoms with Crippen LogP contribution in [0.3, 0.4) is 0 Å². The predicted octanol–water partition coefficient (Wildman–Crippen LogP) is 1.08. The second kappa shape index (κ2) is 5.58. The van der Waals surface area contributed by atoms with Crippen molar-refractivity contribution in [3.05, 3.63) is 65.6 Å². The fourth-order valence-corrected chi connectivity index (χ4v) is 2.56. The van der Waals surface area contributed by atoms with Crippen molar-refractivity contribution in [2.75, 3.05) is 5.32 Å². The van der Waals surface area contributed by atoms with Crippen molar-refractivity contribution in [1.82, 2.24) is 24.1 Å². The zero-order chi connectivity index (χ0) is 16.5. The van der Waals surface area contributed by atoms with Gasteiger partial charge in [0.1, 0.15) is 30.5 Å². The SMILES string of the molecule is O=C(Cn1ncn2c(cc3ccccc32)c1=O)Nc1ccncn1. The molecule has 1 amide bonds. The molecule has 8 nitrogen and oxygen atoms in total. The first-order valence-corrected chi connectivity index (χ1v) is 7.24. The Bertz CT molecular complexity index is 1100. The third-order valence-corrected chi connectivity index (χ3v) is 3.65. The van der Waals surface area contributed by atoms with Crippen LogP contribution in [0.5, 0.6) is 0 Å². The minimum absolute atomic E-state index is 0.194. The molecule has 0 fully saturated rings. The van der Waals surface area contributed by atoms with E-state index in [0.717, 1.165) is 15.6 Å². The summed E-state index contributed by atoms with van der Waals surface area (Å²) < 4.78 is 2.85. The standard InChI is InChI=1S/C16H12N6O2/c23-15(20-14-5-6-17-9-18-14)8-22-16(24)13-7-11-3-1-2-4-12(11)21(13)10-19-22/h1-7,9-10H,8H2,(H,17,18,20,23). The molecule has 0 atom stereocenters. The van der Waals surface area contributed by atoms with E-state index in [9.17, 15) is 9.59 Å². The van der Waals surface area contributed by atoms with Crippen LogP contribution in [-0.4, -0.2) is 30.1 Å². The number of hydrogen-bond donors (Lipinski definition) is 1. The highest BCUT2D eigenvalue weighted by molar-refractivity contribution is 5.89. The quantitative estimate of drug-likeness (QED) is 0.609. The summed E-state index contributed by atoms with van der Waals surface area (Å²) in [4.78, 5) is 32.3. The number of anilines is 1. The van der Waals surface area contributed by atoms with Crippen LogP contribution < -0.4 is 10.9 Å². The maximum Gasteiger partial charge on any atom is 0.291 e. The monoisotopic (exact) mass is 320 g/mol. The first-order chi connectivity index (χ1) is 11.7. The Morgan fingerprint density at radius 2 is 2.04 bits per heavy atom. The van der Waals surface area contributed by atoms with Gasteiger partial charge in [-0.05, 0) is 18.2 Å². The van der Waals surface area contributed by atoms with Crippen LogP contribution >= 0.6 is 0 Å². The van der Waals surface area contributed by atoms with Crippen molar-refractivity contribution in [2.45, 2.75) is 6.54 Å². The van der Waals surface area contributed by atoms with Gasteiger partial charge in [-0.3, -0.25) is 14.0 Å². The minimum atomic E-state index is -0.385. The van der Waals surface area contributed by atoms with E-state index in [2.05, 4.69) is 20.4 Å². The lowest BCUT2D eigenvalue weighted by atomic mass is 10.2. The van der Waals surface area contributed by atoms with Gasteiger partial charge in [-0.25, -0.2) is 14.6 Å². The average Bonchev–Trinajstić information content (AvgIpc) is 2.98. The molecule has 0 aliphatic carbocycles. The minimum Gasteiger partial charge on any atom is -0.309 e. The molecular formula is C16H12N6O2. The number of nitrogens with zero attached hydrogens (tertiary/aromatic N) is 5. The fraction of sp³-hybridized carbons (Fsp3) is 0.0625. The second-order valence-corrected chi connectivity index (χ2v) is 5.19. The summed E-state index contributed by atoms with van der Waals surface area (Å²) in [7, 11) is 0. The van der Waals surface area contributed by atoms with E-state index in [0.29, 0.717) is 11.3 Å². The van der Waals surface area contributed by atoms with Crippen LogP contribution in [-0.2, 0) is 11.3 Å². The molecule has 0 radical (unpaired) electrons. The third kappa shape index (κ3) is 2.39. The molecule has 0 spiro atoms. The molecule has 0 unspecified atom stereocenters. The van der Waals surface area contributed by atoms with Gasteiger partial charge in [-0.15, -0.1) is 0 Å². The molecule has 118 valence electrons. The number of hydrogen-bond acceptors (Lipinski definition) is 5. The fourth-order valence-electron chi connectivity index (χ4n) is 2.56. The Hall–Kier alpha value is -3.55. The van der Waals surface area contributed by atoms with E-state index in [1.54, 1.807) is 16.5 Å². The summed E-state index contributed by atoms with van der Waals surface area (Å²) in [6.45, 7) is -0.194. The van der Waals surface area contributed by atoms with Gasteiger partial charge in [0.15, 0.2) is 0 Å². The van der Waals surface area contributed by atoms with Gasteiger partial charge in [0.2, 0.25) is 5.91 Å². The van der Waals surface area contributed by atoms with Crippen LogP contribution in [0.2, 0.25) is 0 Å². The van der Waals surface area contributed by atoms with E-state index in [1.165, 1.54) is 18.9 Å². The molecule has 0 bridgehead atoms. The van der Waals surface area contributed by atoms with Crippen LogP contribution in [0.1, 0.15) is 0 Å². The van der Waals surface area contributed by atoms with E-state index >= 15 is 0 Å². The van der Waals surface area contributed by atoms with Gasteiger partial charge < -0.3 is 5.32 Å². The molecule has 3 heterocycles. The first kappa shape index (κ1) is 14.1. The zero-order valence-electron chi connectivity index (χ0n) is 12.5. The van der Waals surface area contributed by atoms with Gasteiger partial charge >= 0.3 is 0 Å². The largest absolute Gasteiger partial charge is 0.309 e. The third-order valence-electron chi connectivity index (χ3n) is 3.65. The van der Waals surface area contributed by atoms with Gasteiger partial charge in [0.25, 0.3) is 5.56 Å². The molecule has 1 N–H and O–H groups in total. The lowest BCUT2D eigenvalue weighted by Crippen LogP contribution is -2.30. The molecule has 0 saturated carbocycles. The van der Waals surface area contributed by atoms with Crippen LogP contribution in [0.25, 0.3) is 16.4 Å². The normalized spacial score (nSPS) is 11.0. The van der Waals surface area contributed by atoms with Gasteiger partial charge in [-0.1, -0.05) is 18.2 Å². The Labute approximate surface area is 135 Å². The molecule has 3 aromatic heterocycles. The average molecular weight is 320 g/mol. The summed E-state index contributed by atoms with van der Waals surface area (Å²) in [5.41, 5.74) is 1.04. The molecule has 24 heavy (non-hydrogen) atoms. The van der Waals surface area contributed by atoms with Crippen LogP contribution in [0.15, 0.2) is 60.0 Å². The van der Waals surface area contributed by atoms with Crippen molar-refractivity contribution >= 4 is 28.1 Å². The highest BCUT2D eigenvalue weighted by Crippen LogP contribution is 2.16. The van der Waals surface area contributed by atoms with E-state index in [1.807, 2.05) is 24.3 Å². The molecule has 4 rings (SSSR count). The number of carbonyl (C=O) groups is 1. The number of para-hydroxylation sites is 1. The van der Waals surface area contributed by atoms with Crippen molar-refractivity contribution in [2.24, 2.45) is 0 Å². The first-order valence-electron chi connectivity index (χ1n) is 7.24. The summed E-state index contributed by atoms with van der Waals surface area (Å²) in [6, 6.07) is 11.0. The second-order valence-electron chi connectivity index (χ2n) is 5.19. The smallest absolute Gasteiger partial charge is 0.291 e. The predicted molar refractivity (Wildman–Crippen MR) is 87.6 cm³/mol. The molecule has 0 saturated heterocycles. The number of fused-ring (bicyclic) bond motifs is 3. The van der Waals surface area contributed by atoms with E-state index in [4.69, 9.17) is 0 Å². The zero-order valence-corrected chi connectivity index (χ0v) is 12.5. The van der Waals surface area contributed by atoms with Gasteiger partial charge in [0, 0.05) is 11.6 Å². The Balaban J connectivity index is 1.67. The van der Waals surface area contributed by atoms with Crippen molar-refractivity contribution in [1.29, 1.82) is 0 Å². The van der Waals surface area contributed by atoms with Crippen molar-refractivity contribution in [3.8, 4) is 0 Å². The van der Waals surface area contributed by atoms with Crippen molar-refractivity contribution in [3.63, 3.8) is 0 Å². The van der Waals surface area contributed by atoms with Gasteiger partial charge in [-0.2, -0.15) is 5.10 Å². The molecule has 0 aliphatic rings. The maximum atomic E-state index is 12.6. The number of benzene rings is 1. The summed E-state index contributed by atoms with van der Waals surface area (Å²) in [6.07, 6.45) is 4.39. The lowest BCUT2D eigenvalue weighted by molar-refractivity contribution is -0.117. The Kier molecular flexibility index (Phi) is 3.27. The van der Waals surface area contributed by atoms with Crippen LogP contribution in [0, 0.1) is 0 Å². The topological polar surface area (TPSA) is 94.2 Å². The molecular weight excluding hydrogens is 308 g/mol. The molecule has 8 heteroatoms. The number of amides is 1. The lowest BCUT2D eigenvalue weighted by Gasteiger charge is -2.06.